The van der Waals surface area contributed by atoms with Crippen LogP contribution < -0.4 is 5.32 Å². The number of piperazine rings is 1. The van der Waals surface area contributed by atoms with Crippen molar-refractivity contribution in [2.75, 3.05) is 19.6 Å². The molecule has 0 amide bonds. The molecule has 4 nitrogen and oxygen atoms in total. The first-order valence-electron chi connectivity index (χ1n) is 8.60. The van der Waals surface area contributed by atoms with Crippen LogP contribution in [0, 0.1) is 5.92 Å². The molecule has 0 aromatic carbocycles. The van der Waals surface area contributed by atoms with Crippen molar-refractivity contribution < 1.29 is 0 Å². The Morgan fingerprint density at radius 1 is 1.29 bits per heavy atom. The van der Waals surface area contributed by atoms with E-state index in [1.807, 2.05) is 12.3 Å². The van der Waals surface area contributed by atoms with Gasteiger partial charge >= 0.3 is 0 Å². The van der Waals surface area contributed by atoms with Gasteiger partial charge in [0.05, 0.1) is 6.54 Å². The van der Waals surface area contributed by atoms with Crippen molar-refractivity contribution in [1.29, 1.82) is 0 Å². The number of nitrogens with one attached hydrogen (secondary N) is 1. The predicted octanol–water partition coefficient (Wildman–Crippen LogP) is 2.76. The molecule has 1 aromatic rings. The molecular weight excluding hydrogens is 260 g/mol. The van der Waals surface area contributed by atoms with Gasteiger partial charge in [-0.25, -0.2) is 0 Å². The first-order valence-corrected chi connectivity index (χ1v) is 8.60. The van der Waals surface area contributed by atoms with Crippen molar-refractivity contribution in [3.8, 4) is 0 Å². The van der Waals surface area contributed by atoms with Gasteiger partial charge in [-0.2, -0.15) is 5.10 Å². The highest BCUT2D eigenvalue weighted by Crippen LogP contribution is 2.26. The lowest BCUT2D eigenvalue weighted by molar-refractivity contribution is 0.0423. The largest absolute Gasteiger partial charge is 0.308 e. The summed E-state index contributed by atoms with van der Waals surface area (Å²) in [6, 6.07) is 2.66. The van der Waals surface area contributed by atoms with E-state index in [2.05, 4.69) is 53.9 Å². The SMILES string of the molecule is CCC(C)C1CNC(CC)(CC)CN1CCn1cccn1. The Morgan fingerprint density at radius 3 is 2.62 bits per heavy atom. The lowest BCUT2D eigenvalue weighted by atomic mass is 9.85. The number of hydrogen-bond acceptors (Lipinski definition) is 3. The van der Waals surface area contributed by atoms with Gasteiger partial charge in [0, 0.05) is 43.6 Å². The summed E-state index contributed by atoms with van der Waals surface area (Å²) in [6.07, 6.45) is 7.58. The molecule has 0 radical (unpaired) electrons. The van der Waals surface area contributed by atoms with E-state index in [0.717, 1.165) is 32.1 Å². The zero-order valence-corrected chi connectivity index (χ0v) is 14.2. The Morgan fingerprint density at radius 2 is 2.05 bits per heavy atom. The molecule has 120 valence electrons. The highest BCUT2D eigenvalue weighted by Gasteiger charge is 2.37. The molecule has 2 rings (SSSR count). The fourth-order valence-corrected chi connectivity index (χ4v) is 3.48. The lowest BCUT2D eigenvalue weighted by Gasteiger charge is -2.49. The summed E-state index contributed by atoms with van der Waals surface area (Å²) in [4.78, 5) is 2.71. The van der Waals surface area contributed by atoms with Gasteiger partial charge in [-0.05, 0) is 24.8 Å². The van der Waals surface area contributed by atoms with E-state index in [9.17, 15) is 0 Å². The van der Waals surface area contributed by atoms with Crippen LogP contribution >= 0.6 is 0 Å². The highest BCUT2D eigenvalue weighted by atomic mass is 15.3. The maximum Gasteiger partial charge on any atom is 0.0536 e. The maximum absolute atomic E-state index is 4.34. The topological polar surface area (TPSA) is 33.1 Å². The monoisotopic (exact) mass is 292 g/mol. The van der Waals surface area contributed by atoms with Crippen LogP contribution in [0.3, 0.4) is 0 Å². The third kappa shape index (κ3) is 3.86. The van der Waals surface area contributed by atoms with Crippen LogP contribution in [0.1, 0.15) is 47.0 Å². The third-order valence-electron chi connectivity index (χ3n) is 5.49. The van der Waals surface area contributed by atoms with Gasteiger partial charge in [0.15, 0.2) is 0 Å². The van der Waals surface area contributed by atoms with Crippen LogP contribution in [0.25, 0.3) is 0 Å². The second-order valence-corrected chi connectivity index (χ2v) is 6.56. The first-order chi connectivity index (χ1) is 10.1. The van der Waals surface area contributed by atoms with E-state index in [0.29, 0.717) is 11.6 Å². The molecule has 1 aliphatic heterocycles. The lowest BCUT2D eigenvalue weighted by Crippen LogP contribution is -2.65. The Hall–Kier alpha value is -0.870. The summed E-state index contributed by atoms with van der Waals surface area (Å²) < 4.78 is 2.05. The molecule has 1 fully saturated rings. The first kappa shape index (κ1) is 16.5. The van der Waals surface area contributed by atoms with Gasteiger partial charge in [0.1, 0.15) is 0 Å². The van der Waals surface area contributed by atoms with Crippen molar-refractivity contribution in [1.82, 2.24) is 20.0 Å². The fourth-order valence-electron chi connectivity index (χ4n) is 3.48. The minimum absolute atomic E-state index is 0.300. The molecule has 0 spiro atoms. The number of aromatic nitrogens is 2. The molecule has 1 aromatic heterocycles. The van der Waals surface area contributed by atoms with E-state index in [-0.39, 0.29) is 0 Å². The van der Waals surface area contributed by atoms with Gasteiger partial charge in [-0.15, -0.1) is 0 Å². The van der Waals surface area contributed by atoms with Crippen LogP contribution in [0.15, 0.2) is 18.5 Å². The Kier molecular flexibility index (Phi) is 5.82. The Balaban J connectivity index is 2.04. The minimum Gasteiger partial charge on any atom is -0.308 e. The van der Waals surface area contributed by atoms with Gasteiger partial charge in [-0.3, -0.25) is 9.58 Å². The van der Waals surface area contributed by atoms with Crippen LogP contribution in [0.2, 0.25) is 0 Å². The van der Waals surface area contributed by atoms with E-state index < -0.39 is 0 Å². The molecule has 2 atom stereocenters. The van der Waals surface area contributed by atoms with Gasteiger partial charge in [0.2, 0.25) is 0 Å². The molecule has 2 heterocycles. The summed E-state index contributed by atoms with van der Waals surface area (Å²) in [5, 5.41) is 8.20. The van der Waals surface area contributed by atoms with Crippen molar-refractivity contribution in [2.24, 2.45) is 5.92 Å². The number of nitrogens with zero attached hydrogens (tertiary/aromatic N) is 3. The average molecular weight is 292 g/mol. The smallest absolute Gasteiger partial charge is 0.0536 e. The molecule has 0 aliphatic carbocycles. The summed E-state index contributed by atoms with van der Waals surface area (Å²) in [5.41, 5.74) is 0.300. The zero-order chi connectivity index (χ0) is 15.3. The van der Waals surface area contributed by atoms with Crippen LogP contribution in [-0.4, -0.2) is 45.9 Å². The number of rotatable bonds is 7. The third-order valence-corrected chi connectivity index (χ3v) is 5.49. The second kappa shape index (κ2) is 7.41. The van der Waals surface area contributed by atoms with Gasteiger partial charge in [0.25, 0.3) is 0 Å². The fraction of sp³-hybridized carbons (Fsp3) is 0.824. The molecular formula is C17H32N4. The molecule has 1 N–H and O–H groups in total. The average Bonchev–Trinajstić information content (AvgIpc) is 3.05. The van der Waals surface area contributed by atoms with Gasteiger partial charge in [-0.1, -0.05) is 34.1 Å². The van der Waals surface area contributed by atoms with E-state index >= 15 is 0 Å². The highest BCUT2D eigenvalue weighted by molar-refractivity contribution is 4.97. The molecule has 1 saturated heterocycles. The maximum atomic E-state index is 4.34. The van der Waals surface area contributed by atoms with Crippen molar-refractivity contribution in [2.45, 2.75) is 65.1 Å². The van der Waals surface area contributed by atoms with Crippen LogP contribution in [-0.2, 0) is 6.54 Å². The zero-order valence-electron chi connectivity index (χ0n) is 14.2. The molecule has 0 saturated carbocycles. The van der Waals surface area contributed by atoms with Crippen LogP contribution in [0.5, 0.6) is 0 Å². The Bertz CT molecular complexity index is 397. The minimum atomic E-state index is 0.300. The normalized spacial score (nSPS) is 24.1. The van der Waals surface area contributed by atoms with Crippen LogP contribution in [0.4, 0.5) is 0 Å². The summed E-state index contributed by atoms with van der Waals surface area (Å²) in [7, 11) is 0. The standard InChI is InChI=1S/C17H32N4/c1-5-15(4)16-13-18-17(6-2,7-3)14-20(16)11-12-21-10-8-9-19-21/h8-10,15-16,18H,5-7,11-14H2,1-4H3. The molecule has 1 aliphatic rings. The molecule has 4 heteroatoms. The van der Waals surface area contributed by atoms with Crippen molar-refractivity contribution in [3.63, 3.8) is 0 Å². The molecule has 0 bridgehead atoms. The van der Waals surface area contributed by atoms with E-state index in [1.165, 1.54) is 19.3 Å². The quantitative estimate of drug-likeness (QED) is 0.839. The van der Waals surface area contributed by atoms with Crippen molar-refractivity contribution in [3.05, 3.63) is 18.5 Å². The van der Waals surface area contributed by atoms with E-state index in [1.54, 1.807) is 0 Å². The molecule has 21 heavy (non-hydrogen) atoms. The number of hydrogen-bond donors (Lipinski definition) is 1. The summed E-state index contributed by atoms with van der Waals surface area (Å²) >= 11 is 0. The van der Waals surface area contributed by atoms with Crippen molar-refractivity contribution >= 4 is 0 Å². The second-order valence-electron chi connectivity index (χ2n) is 6.56. The summed E-state index contributed by atoms with van der Waals surface area (Å²) in [6.45, 7) is 13.7. The predicted molar refractivity (Wildman–Crippen MR) is 88.4 cm³/mol. The van der Waals surface area contributed by atoms with E-state index in [4.69, 9.17) is 0 Å². The molecule has 2 unspecified atom stereocenters. The Labute approximate surface area is 129 Å². The van der Waals surface area contributed by atoms with Gasteiger partial charge < -0.3 is 5.32 Å². The summed E-state index contributed by atoms with van der Waals surface area (Å²) in [5.74, 6) is 0.738.